The Morgan fingerprint density at radius 1 is 1.45 bits per heavy atom. The number of hydrogen-bond donors (Lipinski definition) is 1. The summed E-state index contributed by atoms with van der Waals surface area (Å²) in [5, 5.41) is 3.72. The molecule has 0 fully saturated rings. The van der Waals surface area contributed by atoms with Crippen LogP contribution in [0.4, 0.5) is 5.69 Å². The van der Waals surface area contributed by atoms with E-state index in [9.17, 15) is 0 Å². The highest BCUT2D eigenvalue weighted by molar-refractivity contribution is 6.33. The number of methoxy groups -OCH3 is 1. The van der Waals surface area contributed by atoms with Crippen LogP contribution >= 0.6 is 11.6 Å². The van der Waals surface area contributed by atoms with E-state index < -0.39 is 0 Å². The zero-order valence-corrected chi connectivity index (χ0v) is 7.06. The van der Waals surface area contributed by atoms with Gasteiger partial charge in [0.25, 0.3) is 0 Å². The normalized spacial score (nSPS) is 9.64. The molecule has 2 nitrogen and oxygen atoms in total. The first kappa shape index (κ1) is 8.37. The maximum atomic E-state index is 5.84. The minimum Gasteiger partial charge on any atom is -0.365 e. The lowest BCUT2D eigenvalue weighted by Gasteiger charge is -2.05. The highest BCUT2D eigenvalue weighted by Crippen LogP contribution is 2.19. The number of rotatable bonds is 3. The topological polar surface area (TPSA) is 21.3 Å². The van der Waals surface area contributed by atoms with Gasteiger partial charge < -0.3 is 10.1 Å². The SMILES string of the molecule is COCNc1ccccc1Cl. The number of benzene rings is 1. The van der Waals surface area contributed by atoms with Crippen LogP contribution in [0.15, 0.2) is 24.3 Å². The fourth-order valence-electron chi connectivity index (χ4n) is 0.754. The Kier molecular flexibility index (Phi) is 3.20. The molecule has 0 atom stereocenters. The van der Waals surface area contributed by atoms with E-state index in [0.29, 0.717) is 11.8 Å². The van der Waals surface area contributed by atoms with Gasteiger partial charge in [-0.05, 0) is 12.1 Å². The summed E-state index contributed by atoms with van der Waals surface area (Å²) in [5.41, 5.74) is 0.899. The van der Waals surface area contributed by atoms with Crippen LogP contribution < -0.4 is 5.32 Å². The minimum absolute atomic E-state index is 0.476. The van der Waals surface area contributed by atoms with Gasteiger partial charge in [0.1, 0.15) is 6.73 Å². The average molecular weight is 172 g/mol. The molecule has 60 valence electrons. The Labute approximate surface area is 71.1 Å². The molecule has 0 aromatic heterocycles. The lowest BCUT2D eigenvalue weighted by molar-refractivity contribution is 0.221. The van der Waals surface area contributed by atoms with Crippen molar-refractivity contribution >= 4 is 17.3 Å². The van der Waals surface area contributed by atoms with Gasteiger partial charge in [-0.15, -0.1) is 0 Å². The third kappa shape index (κ3) is 2.41. The van der Waals surface area contributed by atoms with E-state index in [2.05, 4.69) is 5.32 Å². The maximum absolute atomic E-state index is 5.84. The van der Waals surface area contributed by atoms with Crippen LogP contribution in [0.1, 0.15) is 0 Å². The van der Waals surface area contributed by atoms with Crippen molar-refractivity contribution in [2.24, 2.45) is 0 Å². The van der Waals surface area contributed by atoms with Crippen molar-refractivity contribution < 1.29 is 4.74 Å². The molecule has 0 spiro atoms. The van der Waals surface area contributed by atoms with Gasteiger partial charge in [-0.25, -0.2) is 0 Å². The molecule has 0 amide bonds. The second-order valence-corrected chi connectivity index (χ2v) is 2.50. The average Bonchev–Trinajstić information content (AvgIpc) is 2.03. The van der Waals surface area contributed by atoms with Crippen molar-refractivity contribution in [2.45, 2.75) is 0 Å². The highest BCUT2D eigenvalue weighted by atomic mass is 35.5. The van der Waals surface area contributed by atoms with E-state index in [1.54, 1.807) is 7.11 Å². The lowest BCUT2D eigenvalue weighted by atomic mass is 10.3. The smallest absolute Gasteiger partial charge is 0.116 e. The Bertz CT molecular complexity index is 227. The van der Waals surface area contributed by atoms with E-state index >= 15 is 0 Å². The monoisotopic (exact) mass is 171 g/mol. The minimum atomic E-state index is 0.476. The van der Waals surface area contributed by atoms with Crippen molar-refractivity contribution in [2.75, 3.05) is 19.2 Å². The Hall–Kier alpha value is -0.730. The fourth-order valence-corrected chi connectivity index (χ4v) is 0.957. The van der Waals surface area contributed by atoms with Gasteiger partial charge in [0, 0.05) is 7.11 Å². The zero-order chi connectivity index (χ0) is 8.10. The summed E-state index contributed by atoms with van der Waals surface area (Å²) in [6, 6.07) is 7.55. The van der Waals surface area contributed by atoms with E-state index in [-0.39, 0.29) is 0 Å². The molecule has 0 aliphatic carbocycles. The summed E-state index contributed by atoms with van der Waals surface area (Å²) >= 11 is 5.84. The molecule has 0 aliphatic heterocycles. The van der Waals surface area contributed by atoms with E-state index in [0.717, 1.165) is 5.69 Å². The molecule has 1 rings (SSSR count). The summed E-state index contributed by atoms with van der Waals surface area (Å²) in [5.74, 6) is 0. The van der Waals surface area contributed by atoms with Crippen LogP contribution in [0.2, 0.25) is 5.02 Å². The van der Waals surface area contributed by atoms with Crippen LogP contribution in [0.3, 0.4) is 0 Å². The molecule has 1 N–H and O–H groups in total. The predicted octanol–water partition coefficient (Wildman–Crippen LogP) is 2.36. The van der Waals surface area contributed by atoms with Crippen LogP contribution in [-0.4, -0.2) is 13.8 Å². The number of para-hydroxylation sites is 1. The van der Waals surface area contributed by atoms with Crippen LogP contribution in [0.5, 0.6) is 0 Å². The Morgan fingerprint density at radius 3 is 2.82 bits per heavy atom. The second-order valence-electron chi connectivity index (χ2n) is 2.09. The van der Waals surface area contributed by atoms with Gasteiger partial charge in [-0.1, -0.05) is 23.7 Å². The van der Waals surface area contributed by atoms with Gasteiger partial charge in [0.2, 0.25) is 0 Å². The fraction of sp³-hybridized carbons (Fsp3) is 0.250. The predicted molar refractivity (Wildman–Crippen MR) is 47.0 cm³/mol. The summed E-state index contributed by atoms with van der Waals surface area (Å²) in [6.45, 7) is 0.476. The molecule has 11 heavy (non-hydrogen) atoms. The van der Waals surface area contributed by atoms with Gasteiger partial charge in [0.05, 0.1) is 10.7 Å². The number of anilines is 1. The van der Waals surface area contributed by atoms with Gasteiger partial charge in [-0.2, -0.15) is 0 Å². The van der Waals surface area contributed by atoms with Gasteiger partial charge in [0.15, 0.2) is 0 Å². The maximum Gasteiger partial charge on any atom is 0.116 e. The largest absolute Gasteiger partial charge is 0.365 e. The van der Waals surface area contributed by atoms with Gasteiger partial charge >= 0.3 is 0 Å². The van der Waals surface area contributed by atoms with Crippen molar-refractivity contribution in [3.63, 3.8) is 0 Å². The number of ether oxygens (including phenoxy) is 1. The molecule has 3 heteroatoms. The molecule has 0 radical (unpaired) electrons. The molecule has 1 aromatic rings. The highest BCUT2D eigenvalue weighted by Gasteiger charge is 1.94. The third-order valence-corrected chi connectivity index (χ3v) is 1.61. The van der Waals surface area contributed by atoms with Crippen LogP contribution in [0.25, 0.3) is 0 Å². The molecule has 0 saturated heterocycles. The molecular weight excluding hydrogens is 162 g/mol. The molecular formula is C8H10ClNO. The lowest BCUT2D eigenvalue weighted by Crippen LogP contribution is -2.02. The van der Waals surface area contributed by atoms with Crippen molar-refractivity contribution in [3.8, 4) is 0 Å². The van der Waals surface area contributed by atoms with E-state index in [1.165, 1.54) is 0 Å². The molecule has 0 unspecified atom stereocenters. The molecule has 1 aromatic carbocycles. The molecule has 0 saturated carbocycles. The number of hydrogen-bond acceptors (Lipinski definition) is 2. The van der Waals surface area contributed by atoms with Gasteiger partial charge in [-0.3, -0.25) is 0 Å². The second kappa shape index (κ2) is 4.21. The Morgan fingerprint density at radius 2 is 2.18 bits per heavy atom. The first-order valence-corrected chi connectivity index (χ1v) is 3.69. The molecule has 0 bridgehead atoms. The Balaban J connectivity index is 2.62. The number of halogens is 1. The quantitative estimate of drug-likeness (QED) is 0.705. The standard InChI is InChI=1S/C8H10ClNO/c1-11-6-10-8-5-3-2-4-7(8)9/h2-5,10H,6H2,1H3. The van der Waals surface area contributed by atoms with E-state index in [1.807, 2.05) is 24.3 Å². The molecule has 0 aliphatic rings. The summed E-state index contributed by atoms with van der Waals surface area (Å²) in [7, 11) is 1.63. The summed E-state index contributed by atoms with van der Waals surface area (Å²) < 4.78 is 4.83. The van der Waals surface area contributed by atoms with Crippen molar-refractivity contribution in [1.29, 1.82) is 0 Å². The summed E-state index contributed by atoms with van der Waals surface area (Å²) in [4.78, 5) is 0. The number of nitrogens with one attached hydrogen (secondary N) is 1. The molecule has 0 heterocycles. The first-order valence-electron chi connectivity index (χ1n) is 3.32. The van der Waals surface area contributed by atoms with Crippen molar-refractivity contribution in [1.82, 2.24) is 0 Å². The first-order chi connectivity index (χ1) is 5.34. The van der Waals surface area contributed by atoms with Crippen LogP contribution in [0, 0.1) is 0 Å². The van der Waals surface area contributed by atoms with E-state index in [4.69, 9.17) is 16.3 Å². The summed E-state index contributed by atoms with van der Waals surface area (Å²) in [6.07, 6.45) is 0. The third-order valence-electron chi connectivity index (χ3n) is 1.28. The van der Waals surface area contributed by atoms with Crippen LogP contribution in [-0.2, 0) is 4.74 Å². The zero-order valence-electron chi connectivity index (χ0n) is 6.30. The van der Waals surface area contributed by atoms with Crippen molar-refractivity contribution in [3.05, 3.63) is 29.3 Å².